The first kappa shape index (κ1) is 19.3. The second kappa shape index (κ2) is 8.47. The number of sulfonamides is 1. The van der Waals surface area contributed by atoms with Crippen molar-refractivity contribution in [3.63, 3.8) is 0 Å². The summed E-state index contributed by atoms with van der Waals surface area (Å²) in [6.07, 6.45) is 2.89. The highest BCUT2D eigenvalue weighted by atomic mass is 32.2. The third-order valence-electron chi connectivity index (χ3n) is 4.82. The highest BCUT2D eigenvalue weighted by Crippen LogP contribution is 2.20. The standard InChI is InChI=1S/C18H26N2O5S/c1-19(14-16-6-2-3-10-25-16)26(22,23)17-7-4-5-15(13-17)18(21)20-8-11-24-12-9-20/h4-5,7,13,16H,2-3,6,8-12,14H2,1H3/t16-/m1/s1. The van der Waals surface area contributed by atoms with Crippen LogP contribution in [0.1, 0.15) is 29.6 Å². The summed E-state index contributed by atoms with van der Waals surface area (Å²) in [6, 6.07) is 6.27. The summed E-state index contributed by atoms with van der Waals surface area (Å²) in [7, 11) is -2.11. The van der Waals surface area contributed by atoms with Gasteiger partial charge < -0.3 is 14.4 Å². The van der Waals surface area contributed by atoms with Gasteiger partial charge in [0.2, 0.25) is 10.0 Å². The third-order valence-corrected chi connectivity index (χ3v) is 6.64. The smallest absolute Gasteiger partial charge is 0.254 e. The Labute approximate surface area is 154 Å². The molecule has 0 spiro atoms. The van der Waals surface area contributed by atoms with Crippen molar-refractivity contribution in [2.24, 2.45) is 0 Å². The Bertz CT molecular complexity index is 725. The zero-order chi connectivity index (χ0) is 18.6. The van der Waals surface area contributed by atoms with Gasteiger partial charge in [0.15, 0.2) is 0 Å². The molecule has 7 nitrogen and oxygen atoms in total. The lowest BCUT2D eigenvalue weighted by atomic mass is 10.1. The van der Waals surface area contributed by atoms with E-state index in [4.69, 9.17) is 9.47 Å². The highest BCUT2D eigenvalue weighted by Gasteiger charge is 2.27. The van der Waals surface area contributed by atoms with Gasteiger partial charge in [0, 0.05) is 38.9 Å². The number of amides is 1. The fraction of sp³-hybridized carbons (Fsp3) is 0.611. The largest absolute Gasteiger partial charge is 0.378 e. The summed E-state index contributed by atoms with van der Waals surface area (Å²) >= 11 is 0. The summed E-state index contributed by atoms with van der Waals surface area (Å²) < 4.78 is 38.0. The second-order valence-corrected chi connectivity index (χ2v) is 8.75. The maximum Gasteiger partial charge on any atom is 0.254 e. The monoisotopic (exact) mass is 382 g/mol. The van der Waals surface area contributed by atoms with Gasteiger partial charge in [-0.3, -0.25) is 4.79 Å². The van der Waals surface area contributed by atoms with E-state index < -0.39 is 10.0 Å². The maximum absolute atomic E-state index is 12.9. The molecule has 1 atom stereocenters. The van der Waals surface area contributed by atoms with Crippen molar-refractivity contribution in [2.45, 2.75) is 30.3 Å². The fourth-order valence-corrected chi connectivity index (χ4v) is 4.50. The van der Waals surface area contributed by atoms with E-state index in [0.29, 0.717) is 45.0 Å². The first-order chi connectivity index (χ1) is 12.5. The average Bonchev–Trinajstić information content (AvgIpc) is 2.69. The predicted octanol–water partition coefficient (Wildman–Crippen LogP) is 1.35. The molecular formula is C18H26N2O5S. The van der Waals surface area contributed by atoms with Gasteiger partial charge in [-0.15, -0.1) is 0 Å². The van der Waals surface area contributed by atoms with Crippen LogP contribution in [0.2, 0.25) is 0 Å². The molecule has 1 aromatic rings. The first-order valence-corrected chi connectivity index (χ1v) is 10.5. The van der Waals surface area contributed by atoms with Crippen LogP contribution in [-0.4, -0.2) is 76.1 Å². The molecule has 0 aliphatic carbocycles. The Morgan fingerprint density at radius 2 is 2.00 bits per heavy atom. The number of rotatable bonds is 5. The zero-order valence-corrected chi connectivity index (χ0v) is 15.9. The van der Waals surface area contributed by atoms with Crippen LogP contribution >= 0.6 is 0 Å². The summed E-state index contributed by atoms with van der Waals surface area (Å²) in [5, 5.41) is 0. The Morgan fingerprint density at radius 3 is 2.69 bits per heavy atom. The molecular weight excluding hydrogens is 356 g/mol. The van der Waals surface area contributed by atoms with Crippen LogP contribution in [0.5, 0.6) is 0 Å². The number of morpholine rings is 1. The number of ether oxygens (including phenoxy) is 2. The van der Waals surface area contributed by atoms with Crippen molar-refractivity contribution in [2.75, 3.05) is 46.5 Å². The fourth-order valence-electron chi connectivity index (χ4n) is 3.25. The minimum atomic E-state index is -3.67. The molecule has 26 heavy (non-hydrogen) atoms. The number of carbonyl (C=O) groups is 1. The molecule has 2 aliphatic heterocycles. The lowest BCUT2D eigenvalue weighted by Crippen LogP contribution is -2.40. The number of hydrogen-bond donors (Lipinski definition) is 0. The molecule has 2 saturated heterocycles. The van der Waals surface area contributed by atoms with E-state index in [1.165, 1.54) is 16.4 Å². The lowest BCUT2D eigenvalue weighted by Gasteiger charge is -2.28. The van der Waals surface area contributed by atoms with Crippen molar-refractivity contribution in [1.82, 2.24) is 9.21 Å². The first-order valence-electron chi connectivity index (χ1n) is 9.03. The number of nitrogens with zero attached hydrogens (tertiary/aromatic N) is 2. The molecule has 1 aromatic carbocycles. The van der Waals surface area contributed by atoms with Crippen LogP contribution in [-0.2, 0) is 19.5 Å². The van der Waals surface area contributed by atoms with Crippen LogP contribution in [0.4, 0.5) is 0 Å². The second-order valence-electron chi connectivity index (χ2n) is 6.71. The number of hydrogen-bond acceptors (Lipinski definition) is 5. The molecule has 0 aromatic heterocycles. The van der Waals surface area contributed by atoms with Gasteiger partial charge in [-0.05, 0) is 37.5 Å². The Kier molecular flexibility index (Phi) is 6.29. The molecule has 0 radical (unpaired) electrons. The zero-order valence-electron chi connectivity index (χ0n) is 15.1. The predicted molar refractivity (Wildman–Crippen MR) is 96.6 cm³/mol. The van der Waals surface area contributed by atoms with E-state index in [1.807, 2.05) is 0 Å². The molecule has 2 fully saturated rings. The van der Waals surface area contributed by atoms with E-state index in [2.05, 4.69) is 0 Å². The van der Waals surface area contributed by atoms with Gasteiger partial charge in [0.05, 0.1) is 24.2 Å². The number of carbonyl (C=O) groups excluding carboxylic acids is 1. The average molecular weight is 382 g/mol. The minimum absolute atomic E-state index is 0.0679. The summed E-state index contributed by atoms with van der Waals surface area (Å²) in [5.41, 5.74) is 0.385. The van der Waals surface area contributed by atoms with E-state index in [9.17, 15) is 13.2 Å². The van der Waals surface area contributed by atoms with Gasteiger partial charge in [0.1, 0.15) is 0 Å². The maximum atomic E-state index is 12.9. The third kappa shape index (κ3) is 4.43. The van der Waals surface area contributed by atoms with Gasteiger partial charge in [0.25, 0.3) is 5.91 Å². The molecule has 0 unspecified atom stereocenters. The minimum Gasteiger partial charge on any atom is -0.378 e. The van der Waals surface area contributed by atoms with E-state index in [-0.39, 0.29) is 16.9 Å². The highest BCUT2D eigenvalue weighted by molar-refractivity contribution is 7.89. The summed E-state index contributed by atoms with van der Waals surface area (Å²) in [4.78, 5) is 14.4. The van der Waals surface area contributed by atoms with Crippen LogP contribution in [0.15, 0.2) is 29.2 Å². The lowest BCUT2D eigenvalue weighted by molar-refractivity contribution is 0.00858. The van der Waals surface area contributed by atoms with Gasteiger partial charge in [-0.1, -0.05) is 6.07 Å². The molecule has 2 heterocycles. The van der Waals surface area contributed by atoms with Crippen LogP contribution < -0.4 is 0 Å². The van der Waals surface area contributed by atoms with Crippen molar-refractivity contribution in [3.05, 3.63) is 29.8 Å². The van der Waals surface area contributed by atoms with Crippen LogP contribution in [0.3, 0.4) is 0 Å². The molecule has 8 heteroatoms. The van der Waals surface area contributed by atoms with E-state index in [0.717, 1.165) is 19.3 Å². The normalized spacial score (nSPS) is 21.8. The van der Waals surface area contributed by atoms with Crippen molar-refractivity contribution < 1.29 is 22.7 Å². The van der Waals surface area contributed by atoms with Crippen LogP contribution in [0, 0.1) is 0 Å². The topological polar surface area (TPSA) is 76.2 Å². The molecule has 144 valence electrons. The Balaban J connectivity index is 1.73. The van der Waals surface area contributed by atoms with Crippen molar-refractivity contribution >= 4 is 15.9 Å². The Morgan fingerprint density at radius 1 is 1.23 bits per heavy atom. The van der Waals surface area contributed by atoms with Gasteiger partial charge >= 0.3 is 0 Å². The SMILES string of the molecule is CN(C[C@H]1CCCCO1)S(=O)(=O)c1cccc(C(=O)N2CCOCC2)c1. The number of likely N-dealkylation sites (N-methyl/N-ethyl adjacent to an activating group) is 1. The molecule has 1 amide bonds. The molecule has 2 aliphatic rings. The van der Waals surface area contributed by atoms with E-state index in [1.54, 1.807) is 24.1 Å². The summed E-state index contributed by atoms with van der Waals surface area (Å²) in [5.74, 6) is -0.163. The molecule has 0 N–H and O–H groups in total. The van der Waals surface area contributed by atoms with E-state index >= 15 is 0 Å². The van der Waals surface area contributed by atoms with Crippen molar-refractivity contribution in [3.8, 4) is 0 Å². The molecule has 0 bridgehead atoms. The van der Waals surface area contributed by atoms with Crippen LogP contribution in [0.25, 0.3) is 0 Å². The van der Waals surface area contributed by atoms with Crippen molar-refractivity contribution in [1.29, 1.82) is 0 Å². The molecule has 0 saturated carbocycles. The quantitative estimate of drug-likeness (QED) is 0.768. The summed E-state index contributed by atoms with van der Waals surface area (Å²) in [6.45, 7) is 3.07. The Hall–Kier alpha value is -1.48. The van der Waals surface area contributed by atoms with Gasteiger partial charge in [-0.2, -0.15) is 4.31 Å². The molecule has 3 rings (SSSR count). The number of benzene rings is 1. The van der Waals surface area contributed by atoms with Gasteiger partial charge in [-0.25, -0.2) is 8.42 Å².